The molecule has 2 fully saturated rings. The van der Waals surface area contributed by atoms with Gasteiger partial charge in [0.15, 0.2) is 0 Å². The zero-order valence-corrected chi connectivity index (χ0v) is 13.9. The van der Waals surface area contributed by atoms with E-state index in [1.165, 1.54) is 5.69 Å². The molecule has 3 rings (SSSR count). The lowest BCUT2D eigenvalue weighted by Gasteiger charge is -2.42. The van der Waals surface area contributed by atoms with E-state index in [1.807, 2.05) is 11.0 Å². The number of para-hydroxylation sites is 1. The van der Waals surface area contributed by atoms with Gasteiger partial charge in [-0.3, -0.25) is 4.79 Å². The number of carbonyl (C=O) groups excluding carboxylic acids is 1. The van der Waals surface area contributed by atoms with Crippen molar-refractivity contribution in [2.75, 3.05) is 38.3 Å². The molecule has 0 aliphatic carbocycles. The lowest BCUT2D eigenvalue weighted by atomic mass is 9.88. The van der Waals surface area contributed by atoms with Crippen LogP contribution < -0.4 is 10.6 Å². The van der Waals surface area contributed by atoms with Crippen molar-refractivity contribution < 1.29 is 9.53 Å². The third-order valence-corrected chi connectivity index (χ3v) is 5.27. The van der Waals surface area contributed by atoms with Crippen LogP contribution in [-0.2, 0) is 9.53 Å². The van der Waals surface area contributed by atoms with Crippen LogP contribution in [0, 0.1) is 0 Å². The minimum absolute atomic E-state index is 0.113. The molecule has 0 unspecified atom stereocenters. The maximum atomic E-state index is 12.8. The summed E-state index contributed by atoms with van der Waals surface area (Å²) in [7, 11) is 2.14. The van der Waals surface area contributed by atoms with Crippen molar-refractivity contribution in [1.82, 2.24) is 4.90 Å². The van der Waals surface area contributed by atoms with Gasteiger partial charge in [0.25, 0.3) is 0 Å². The van der Waals surface area contributed by atoms with Crippen LogP contribution in [0.1, 0.15) is 25.7 Å². The Balaban J connectivity index is 1.57. The molecule has 126 valence electrons. The van der Waals surface area contributed by atoms with Crippen molar-refractivity contribution in [1.29, 1.82) is 0 Å². The SMILES string of the molecule is CN(c1ccccc1)C1CCN(C(=O)C2(N)CCOCC2)CC1. The Hall–Kier alpha value is -1.59. The zero-order valence-electron chi connectivity index (χ0n) is 13.9. The number of nitrogens with zero attached hydrogens (tertiary/aromatic N) is 2. The van der Waals surface area contributed by atoms with Gasteiger partial charge in [-0.15, -0.1) is 0 Å². The fourth-order valence-electron chi connectivity index (χ4n) is 3.59. The number of likely N-dealkylation sites (tertiary alicyclic amines) is 1. The first-order valence-corrected chi connectivity index (χ1v) is 8.54. The quantitative estimate of drug-likeness (QED) is 0.920. The summed E-state index contributed by atoms with van der Waals surface area (Å²) in [5.74, 6) is 0.113. The van der Waals surface area contributed by atoms with Gasteiger partial charge in [-0.2, -0.15) is 0 Å². The molecule has 5 nitrogen and oxygen atoms in total. The maximum absolute atomic E-state index is 12.8. The van der Waals surface area contributed by atoms with Crippen LogP contribution in [0.4, 0.5) is 5.69 Å². The Morgan fingerprint density at radius 2 is 1.83 bits per heavy atom. The molecule has 1 aromatic carbocycles. The number of anilines is 1. The summed E-state index contributed by atoms with van der Waals surface area (Å²) in [4.78, 5) is 17.0. The Bertz CT molecular complexity index is 520. The Morgan fingerprint density at radius 1 is 1.22 bits per heavy atom. The topological polar surface area (TPSA) is 58.8 Å². The van der Waals surface area contributed by atoms with E-state index in [-0.39, 0.29) is 5.91 Å². The molecule has 1 amide bonds. The smallest absolute Gasteiger partial charge is 0.242 e. The van der Waals surface area contributed by atoms with E-state index >= 15 is 0 Å². The molecule has 2 aliphatic rings. The van der Waals surface area contributed by atoms with Crippen LogP contribution in [0.25, 0.3) is 0 Å². The summed E-state index contributed by atoms with van der Waals surface area (Å²) < 4.78 is 5.34. The summed E-state index contributed by atoms with van der Waals surface area (Å²) in [5.41, 5.74) is 6.86. The second-order valence-electron chi connectivity index (χ2n) is 6.74. The number of nitrogens with two attached hydrogens (primary N) is 1. The highest BCUT2D eigenvalue weighted by atomic mass is 16.5. The van der Waals surface area contributed by atoms with Gasteiger partial charge in [-0.25, -0.2) is 0 Å². The van der Waals surface area contributed by atoms with E-state index in [0.717, 1.165) is 25.9 Å². The normalized spacial score (nSPS) is 21.9. The van der Waals surface area contributed by atoms with Crippen LogP contribution in [-0.4, -0.2) is 55.7 Å². The number of carbonyl (C=O) groups is 1. The molecule has 23 heavy (non-hydrogen) atoms. The van der Waals surface area contributed by atoms with E-state index in [1.54, 1.807) is 0 Å². The van der Waals surface area contributed by atoms with Gasteiger partial charge in [0.2, 0.25) is 5.91 Å². The first-order chi connectivity index (χ1) is 11.1. The average molecular weight is 317 g/mol. The first-order valence-electron chi connectivity index (χ1n) is 8.54. The summed E-state index contributed by atoms with van der Waals surface area (Å²) in [6.45, 7) is 2.77. The standard InChI is InChI=1S/C18H27N3O2/c1-20(15-5-3-2-4-6-15)16-7-11-21(12-8-16)17(22)18(19)9-13-23-14-10-18/h2-6,16H,7-14,19H2,1H3. The van der Waals surface area contributed by atoms with E-state index in [4.69, 9.17) is 10.5 Å². The summed E-state index contributed by atoms with van der Waals surface area (Å²) in [6.07, 6.45) is 3.25. The number of benzene rings is 1. The van der Waals surface area contributed by atoms with E-state index in [9.17, 15) is 4.79 Å². The molecular weight excluding hydrogens is 290 g/mol. The Labute approximate surface area is 138 Å². The van der Waals surface area contributed by atoms with Gasteiger partial charge in [-0.1, -0.05) is 18.2 Å². The number of piperidine rings is 1. The molecule has 5 heteroatoms. The molecule has 0 spiro atoms. The van der Waals surface area contributed by atoms with Gasteiger partial charge in [0, 0.05) is 45.1 Å². The van der Waals surface area contributed by atoms with Crippen molar-refractivity contribution in [2.24, 2.45) is 5.73 Å². The zero-order chi connectivity index (χ0) is 16.3. The fraction of sp³-hybridized carbons (Fsp3) is 0.611. The van der Waals surface area contributed by atoms with E-state index < -0.39 is 5.54 Å². The van der Waals surface area contributed by atoms with Crippen LogP contribution in [0.5, 0.6) is 0 Å². The van der Waals surface area contributed by atoms with Crippen LogP contribution >= 0.6 is 0 Å². The molecule has 0 atom stereocenters. The number of hydrogen-bond acceptors (Lipinski definition) is 4. The van der Waals surface area contributed by atoms with Crippen molar-refractivity contribution >= 4 is 11.6 Å². The van der Waals surface area contributed by atoms with Crippen molar-refractivity contribution in [3.8, 4) is 0 Å². The van der Waals surface area contributed by atoms with Gasteiger partial charge < -0.3 is 20.3 Å². The molecule has 0 bridgehead atoms. The van der Waals surface area contributed by atoms with Crippen molar-refractivity contribution in [3.63, 3.8) is 0 Å². The second-order valence-corrected chi connectivity index (χ2v) is 6.74. The number of amides is 1. The maximum Gasteiger partial charge on any atom is 0.242 e. The van der Waals surface area contributed by atoms with Crippen LogP contribution in [0.2, 0.25) is 0 Å². The molecule has 2 N–H and O–H groups in total. The Morgan fingerprint density at radius 3 is 2.43 bits per heavy atom. The molecule has 1 aromatic rings. The van der Waals surface area contributed by atoms with Crippen LogP contribution in [0.15, 0.2) is 30.3 Å². The number of ether oxygens (including phenoxy) is 1. The number of hydrogen-bond donors (Lipinski definition) is 1. The predicted molar refractivity (Wildman–Crippen MR) is 91.4 cm³/mol. The van der Waals surface area contributed by atoms with Crippen molar-refractivity contribution in [2.45, 2.75) is 37.3 Å². The fourth-order valence-corrected chi connectivity index (χ4v) is 3.59. The molecule has 2 heterocycles. The molecule has 0 radical (unpaired) electrons. The highest BCUT2D eigenvalue weighted by molar-refractivity contribution is 5.86. The monoisotopic (exact) mass is 317 g/mol. The molecule has 0 saturated carbocycles. The first kappa shape index (κ1) is 16.3. The molecular formula is C18H27N3O2. The highest BCUT2D eigenvalue weighted by Crippen LogP contribution is 2.25. The van der Waals surface area contributed by atoms with Gasteiger partial charge in [-0.05, 0) is 37.8 Å². The van der Waals surface area contributed by atoms with Gasteiger partial charge in [0.05, 0.1) is 5.54 Å². The van der Waals surface area contributed by atoms with E-state index in [0.29, 0.717) is 32.1 Å². The largest absolute Gasteiger partial charge is 0.381 e. The van der Waals surface area contributed by atoms with Gasteiger partial charge >= 0.3 is 0 Å². The minimum Gasteiger partial charge on any atom is -0.381 e. The number of rotatable bonds is 3. The summed E-state index contributed by atoms with van der Waals surface area (Å²) in [5, 5.41) is 0. The van der Waals surface area contributed by atoms with E-state index in [2.05, 4.69) is 36.2 Å². The molecule has 0 aromatic heterocycles. The van der Waals surface area contributed by atoms with Crippen molar-refractivity contribution in [3.05, 3.63) is 30.3 Å². The lowest BCUT2D eigenvalue weighted by molar-refractivity contribution is -0.141. The third-order valence-electron chi connectivity index (χ3n) is 5.27. The Kier molecular flexibility index (Phi) is 4.87. The van der Waals surface area contributed by atoms with Crippen LogP contribution in [0.3, 0.4) is 0 Å². The minimum atomic E-state index is -0.712. The summed E-state index contributed by atoms with van der Waals surface area (Å²) >= 11 is 0. The molecule has 2 aliphatic heterocycles. The second kappa shape index (κ2) is 6.89. The third kappa shape index (κ3) is 3.51. The molecule has 2 saturated heterocycles. The highest BCUT2D eigenvalue weighted by Gasteiger charge is 2.40. The summed E-state index contributed by atoms with van der Waals surface area (Å²) in [6, 6.07) is 10.9. The predicted octanol–water partition coefficient (Wildman–Crippen LogP) is 1.62. The lowest BCUT2D eigenvalue weighted by Crippen LogP contribution is -2.60. The average Bonchev–Trinajstić information content (AvgIpc) is 2.62. The van der Waals surface area contributed by atoms with Gasteiger partial charge in [0.1, 0.15) is 0 Å².